The van der Waals surface area contributed by atoms with Gasteiger partial charge in [-0.25, -0.2) is 9.97 Å². The van der Waals surface area contributed by atoms with Crippen LogP contribution in [0.2, 0.25) is 0 Å². The van der Waals surface area contributed by atoms with Crippen LogP contribution in [0.3, 0.4) is 0 Å². The standard InChI is InChI=1S/C12H12F3N3OS2/c1-3-7(11-18-9(5-20-11)12(13,14)15)17-10(19)8-4-16-6(2)21-8/h4-5,7H,3H2,1-2H3,(H,17,19)/t7-/m0/s1. The van der Waals surface area contributed by atoms with Gasteiger partial charge in [0.05, 0.1) is 17.2 Å². The van der Waals surface area contributed by atoms with Gasteiger partial charge in [0, 0.05) is 5.38 Å². The summed E-state index contributed by atoms with van der Waals surface area (Å²) in [6, 6.07) is -0.541. The predicted octanol–water partition coefficient (Wildman–Crippen LogP) is 3.81. The number of amides is 1. The zero-order valence-electron chi connectivity index (χ0n) is 11.2. The fourth-order valence-corrected chi connectivity index (χ4v) is 3.25. The van der Waals surface area contributed by atoms with Crippen LogP contribution in [0.4, 0.5) is 13.2 Å². The molecule has 0 aliphatic rings. The second-order valence-corrected chi connectivity index (χ2v) is 6.37. The zero-order chi connectivity index (χ0) is 15.6. The number of hydrogen-bond acceptors (Lipinski definition) is 5. The van der Waals surface area contributed by atoms with E-state index in [1.807, 2.05) is 0 Å². The van der Waals surface area contributed by atoms with E-state index < -0.39 is 17.9 Å². The number of carbonyl (C=O) groups excluding carboxylic acids is 1. The van der Waals surface area contributed by atoms with Gasteiger partial charge in [-0.15, -0.1) is 22.7 Å². The molecule has 0 aliphatic carbocycles. The Kier molecular flexibility index (Phi) is 4.62. The fourth-order valence-electron chi connectivity index (χ4n) is 1.61. The molecule has 0 saturated heterocycles. The van der Waals surface area contributed by atoms with Gasteiger partial charge >= 0.3 is 6.18 Å². The van der Waals surface area contributed by atoms with Crippen molar-refractivity contribution < 1.29 is 18.0 Å². The molecule has 4 nitrogen and oxygen atoms in total. The van der Waals surface area contributed by atoms with Crippen molar-refractivity contribution in [3.63, 3.8) is 0 Å². The molecule has 0 saturated carbocycles. The third-order valence-corrected chi connectivity index (χ3v) is 4.54. The van der Waals surface area contributed by atoms with Crippen LogP contribution in [0.15, 0.2) is 11.6 Å². The molecule has 0 aromatic carbocycles. The van der Waals surface area contributed by atoms with E-state index in [0.717, 1.165) is 21.7 Å². The SMILES string of the molecule is CC[C@H](NC(=O)c1cnc(C)s1)c1nc(C(F)(F)F)cs1. The lowest BCUT2D eigenvalue weighted by molar-refractivity contribution is -0.140. The summed E-state index contributed by atoms with van der Waals surface area (Å²) in [7, 11) is 0. The fraction of sp³-hybridized carbons (Fsp3) is 0.417. The maximum absolute atomic E-state index is 12.5. The molecule has 9 heteroatoms. The van der Waals surface area contributed by atoms with Crippen molar-refractivity contribution in [3.8, 4) is 0 Å². The van der Waals surface area contributed by atoms with E-state index in [-0.39, 0.29) is 10.9 Å². The number of rotatable bonds is 4. The van der Waals surface area contributed by atoms with Crippen molar-refractivity contribution in [1.29, 1.82) is 0 Å². The van der Waals surface area contributed by atoms with Crippen LogP contribution in [0.5, 0.6) is 0 Å². The third kappa shape index (κ3) is 3.79. The molecule has 1 atom stereocenters. The number of aromatic nitrogens is 2. The summed E-state index contributed by atoms with van der Waals surface area (Å²) in [4.78, 5) is 20.0. The normalized spacial score (nSPS) is 13.2. The van der Waals surface area contributed by atoms with Crippen LogP contribution in [0.1, 0.15) is 44.8 Å². The van der Waals surface area contributed by atoms with Crippen LogP contribution >= 0.6 is 22.7 Å². The second kappa shape index (κ2) is 6.10. The average Bonchev–Trinajstić information content (AvgIpc) is 3.03. The first-order valence-electron chi connectivity index (χ1n) is 6.07. The summed E-state index contributed by atoms with van der Waals surface area (Å²) in [5, 5.41) is 4.65. The highest BCUT2D eigenvalue weighted by molar-refractivity contribution is 7.13. The van der Waals surface area contributed by atoms with Crippen LogP contribution in [0.25, 0.3) is 0 Å². The van der Waals surface area contributed by atoms with E-state index in [4.69, 9.17) is 0 Å². The summed E-state index contributed by atoms with van der Waals surface area (Å²) in [5.74, 6) is -0.351. The lowest BCUT2D eigenvalue weighted by atomic mass is 10.2. The van der Waals surface area contributed by atoms with Crippen molar-refractivity contribution in [3.05, 3.63) is 32.2 Å². The van der Waals surface area contributed by atoms with E-state index >= 15 is 0 Å². The minimum Gasteiger partial charge on any atom is -0.342 e. The van der Waals surface area contributed by atoms with Gasteiger partial charge < -0.3 is 5.32 Å². The van der Waals surface area contributed by atoms with Gasteiger partial charge in [0.25, 0.3) is 5.91 Å². The molecule has 2 aromatic heterocycles. The predicted molar refractivity (Wildman–Crippen MR) is 74.5 cm³/mol. The summed E-state index contributed by atoms with van der Waals surface area (Å²) in [5.41, 5.74) is -0.927. The van der Waals surface area contributed by atoms with Gasteiger partial charge in [0.15, 0.2) is 5.69 Å². The van der Waals surface area contributed by atoms with Gasteiger partial charge in [-0.2, -0.15) is 13.2 Å². The van der Waals surface area contributed by atoms with E-state index in [1.54, 1.807) is 13.8 Å². The molecular formula is C12H12F3N3OS2. The molecule has 0 aliphatic heterocycles. The lowest BCUT2D eigenvalue weighted by Crippen LogP contribution is -2.27. The molecule has 0 spiro atoms. The van der Waals surface area contributed by atoms with E-state index in [9.17, 15) is 18.0 Å². The molecule has 0 fully saturated rings. The molecule has 2 aromatic rings. The molecule has 2 heterocycles. The zero-order valence-corrected chi connectivity index (χ0v) is 12.8. The van der Waals surface area contributed by atoms with Crippen molar-refractivity contribution in [1.82, 2.24) is 15.3 Å². The Balaban J connectivity index is 2.13. The van der Waals surface area contributed by atoms with Gasteiger partial charge in [0.1, 0.15) is 9.88 Å². The maximum Gasteiger partial charge on any atom is 0.434 e. The highest BCUT2D eigenvalue weighted by Crippen LogP contribution is 2.32. The number of hydrogen-bond donors (Lipinski definition) is 1. The van der Waals surface area contributed by atoms with E-state index in [0.29, 0.717) is 11.3 Å². The quantitative estimate of drug-likeness (QED) is 0.924. The Morgan fingerprint density at radius 2 is 2.19 bits per heavy atom. The Labute approximate surface area is 127 Å². The molecule has 1 N–H and O–H groups in total. The molecule has 114 valence electrons. The number of alkyl halides is 3. The van der Waals surface area contributed by atoms with E-state index in [2.05, 4.69) is 15.3 Å². The van der Waals surface area contributed by atoms with Gasteiger partial charge in [-0.1, -0.05) is 6.92 Å². The van der Waals surface area contributed by atoms with Crippen LogP contribution in [0, 0.1) is 6.92 Å². The monoisotopic (exact) mass is 335 g/mol. The molecular weight excluding hydrogens is 323 g/mol. The molecule has 2 rings (SSSR count). The van der Waals surface area contributed by atoms with Crippen LogP contribution in [-0.4, -0.2) is 15.9 Å². The number of halogens is 3. The Hall–Kier alpha value is -1.48. The van der Waals surface area contributed by atoms with Crippen molar-refractivity contribution in [2.45, 2.75) is 32.5 Å². The van der Waals surface area contributed by atoms with Crippen molar-refractivity contribution >= 4 is 28.6 Å². The van der Waals surface area contributed by atoms with Gasteiger partial charge in [-0.05, 0) is 13.3 Å². The molecule has 21 heavy (non-hydrogen) atoms. The highest BCUT2D eigenvalue weighted by atomic mass is 32.1. The lowest BCUT2D eigenvalue weighted by Gasteiger charge is -2.13. The molecule has 1 amide bonds. The van der Waals surface area contributed by atoms with Gasteiger partial charge in [0.2, 0.25) is 0 Å². The Morgan fingerprint density at radius 3 is 2.67 bits per heavy atom. The Bertz CT molecular complexity index is 636. The summed E-state index contributed by atoms with van der Waals surface area (Å²) in [6.45, 7) is 3.55. The first-order valence-corrected chi connectivity index (χ1v) is 7.76. The third-order valence-electron chi connectivity index (χ3n) is 2.67. The van der Waals surface area contributed by atoms with E-state index in [1.165, 1.54) is 17.5 Å². The minimum absolute atomic E-state index is 0.249. The number of aryl methyl sites for hydroxylation is 1. The van der Waals surface area contributed by atoms with Gasteiger partial charge in [-0.3, -0.25) is 4.79 Å². The summed E-state index contributed by atoms with van der Waals surface area (Å²) < 4.78 is 37.6. The molecule has 0 radical (unpaired) electrons. The summed E-state index contributed by atoms with van der Waals surface area (Å²) >= 11 is 2.13. The smallest absolute Gasteiger partial charge is 0.342 e. The number of nitrogens with zero attached hydrogens (tertiary/aromatic N) is 2. The first kappa shape index (κ1) is 15.9. The minimum atomic E-state index is -4.47. The summed E-state index contributed by atoms with van der Waals surface area (Å²) in [6.07, 6.45) is -2.56. The van der Waals surface area contributed by atoms with Crippen molar-refractivity contribution in [2.75, 3.05) is 0 Å². The Morgan fingerprint density at radius 1 is 1.48 bits per heavy atom. The highest BCUT2D eigenvalue weighted by Gasteiger charge is 2.34. The first-order chi connectivity index (χ1) is 9.81. The largest absolute Gasteiger partial charge is 0.434 e. The number of nitrogens with one attached hydrogen (secondary N) is 1. The average molecular weight is 335 g/mol. The molecule has 0 unspecified atom stereocenters. The second-order valence-electron chi connectivity index (χ2n) is 4.25. The number of carbonyl (C=O) groups is 1. The topological polar surface area (TPSA) is 54.9 Å². The van der Waals surface area contributed by atoms with Crippen LogP contribution < -0.4 is 5.32 Å². The molecule has 0 bridgehead atoms. The maximum atomic E-state index is 12.5. The number of thiazole rings is 2. The van der Waals surface area contributed by atoms with Crippen molar-refractivity contribution in [2.24, 2.45) is 0 Å². The van der Waals surface area contributed by atoms with Crippen LogP contribution in [-0.2, 0) is 6.18 Å².